The molecule has 0 aliphatic heterocycles. The first-order valence-corrected chi connectivity index (χ1v) is 8.48. The monoisotopic (exact) mass is 325 g/mol. The second-order valence-electron chi connectivity index (χ2n) is 4.51. The Hall–Kier alpha value is -1.72. The Kier molecular flexibility index (Phi) is 5.09. The lowest BCUT2D eigenvalue weighted by molar-refractivity contribution is 0.319. The summed E-state index contributed by atoms with van der Waals surface area (Å²) in [7, 11) is -3.31. The molecule has 0 spiro atoms. The molecule has 2 N–H and O–H groups in total. The van der Waals surface area contributed by atoms with Gasteiger partial charge in [0.25, 0.3) is 0 Å². The van der Waals surface area contributed by atoms with Crippen LogP contribution in [-0.4, -0.2) is 20.8 Å². The van der Waals surface area contributed by atoms with Gasteiger partial charge in [0.1, 0.15) is 5.75 Å². The van der Waals surface area contributed by atoms with Gasteiger partial charge in [-0.2, -0.15) is 0 Å². The number of hydrogen-bond acceptors (Lipinski definition) is 4. The largest absolute Gasteiger partial charge is 0.491 e. The van der Waals surface area contributed by atoms with Crippen LogP contribution in [-0.2, 0) is 9.84 Å². The van der Waals surface area contributed by atoms with Crippen molar-refractivity contribution in [3.05, 3.63) is 53.6 Å². The van der Waals surface area contributed by atoms with Crippen LogP contribution in [0.3, 0.4) is 0 Å². The smallest absolute Gasteiger partial charge is 0.178 e. The molecule has 0 heterocycles. The van der Waals surface area contributed by atoms with Crippen molar-refractivity contribution in [2.45, 2.75) is 11.3 Å². The number of hydrogen-bond donors (Lipinski definition) is 1. The number of rotatable bonds is 6. The third-order valence-corrected chi connectivity index (χ3v) is 4.98. The molecule has 2 aromatic carbocycles. The van der Waals surface area contributed by atoms with Gasteiger partial charge in [-0.05, 0) is 42.8 Å². The van der Waals surface area contributed by atoms with E-state index in [-0.39, 0.29) is 10.6 Å². The summed E-state index contributed by atoms with van der Waals surface area (Å²) in [4.78, 5) is 0.270. The topological polar surface area (TPSA) is 69.4 Å². The fourth-order valence-corrected chi connectivity index (χ4v) is 3.21. The number of halogens is 1. The molecule has 6 heteroatoms. The Labute approximate surface area is 129 Å². The first-order valence-electron chi connectivity index (χ1n) is 6.45. The lowest BCUT2D eigenvalue weighted by atomic mass is 10.3. The summed E-state index contributed by atoms with van der Waals surface area (Å²) in [5.74, 6) is 0.586. The van der Waals surface area contributed by atoms with E-state index in [9.17, 15) is 8.42 Å². The molecule has 0 amide bonds. The second-order valence-corrected chi connectivity index (χ2v) is 7.06. The van der Waals surface area contributed by atoms with E-state index < -0.39 is 9.84 Å². The van der Waals surface area contributed by atoms with Crippen LogP contribution in [0.25, 0.3) is 0 Å². The van der Waals surface area contributed by atoms with E-state index in [2.05, 4.69) is 0 Å². The first-order chi connectivity index (χ1) is 9.99. The van der Waals surface area contributed by atoms with E-state index in [1.165, 1.54) is 12.1 Å². The van der Waals surface area contributed by atoms with Gasteiger partial charge in [0.15, 0.2) is 9.84 Å². The number of anilines is 1. The number of nitrogen functional groups attached to an aromatic ring is 1. The SMILES string of the molecule is Nc1ccccc1OCCCS(=O)(=O)c1ccc(Cl)cc1. The van der Waals surface area contributed by atoms with Crippen LogP contribution in [0.4, 0.5) is 5.69 Å². The zero-order valence-electron chi connectivity index (χ0n) is 11.3. The van der Waals surface area contributed by atoms with Crippen LogP contribution in [0.2, 0.25) is 5.02 Å². The Bertz CT molecular complexity index is 699. The summed E-state index contributed by atoms with van der Waals surface area (Å²) in [6.07, 6.45) is 0.388. The van der Waals surface area contributed by atoms with Crippen LogP contribution in [0, 0.1) is 0 Å². The maximum Gasteiger partial charge on any atom is 0.178 e. The van der Waals surface area contributed by atoms with Crippen molar-refractivity contribution in [3.63, 3.8) is 0 Å². The van der Waals surface area contributed by atoms with Crippen LogP contribution in [0.5, 0.6) is 5.75 Å². The molecule has 0 bridgehead atoms. The molecule has 0 unspecified atom stereocenters. The zero-order chi connectivity index (χ0) is 15.3. The molecular formula is C15H16ClNO3S. The predicted molar refractivity (Wildman–Crippen MR) is 84.5 cm³/mol. The van der Waals surface area contributed by atoms with Crippen molar-refractivity contribution in [2.75, 3.05) is 18.1 Å². The van der Waals surface area contributed by atoms with E-state index >= 15 is 0 Å². The van der Waals surface area contributed by atoms with Gasteiger partial charge < -0.3 is 10.5 Å². The standard InChI is InChI=1S/C15H16ClNO3S/c16-12-6-8-13(9-7-12)21(18,19)11-3-10-20-15-5-2-1-4-14(15)17/h1-2,4-9H,3,10-11,17H2. The Balaban J connectivity index is 1.88. The van der Waals surface area contributed by atoms with Gasteiger partial charge in [-0.3, -0.25) is 0 Å². The lowest BCUT2D eigenvalue weighted by Crippen LogP contribution is -2.10. The minimum Gasteiger partial charge on any atom is -0.491 e. The van der Waals surface area contributed by atoms with Gasteiger partial charge in [-0.15, -0.1) is 0 Å². The fourth-order valence-electron chi connectivity index (χ4n) is 1.80. The highest BCUT2D eigenvalue weighted by molar-refractivity contribution is 7.91. The maximum absolute atomic E-state index is 12.1. The lowest BCUT2D eigenvalue weighted by Gasteiger charge is -2.09. The Morgan fingerprint density at radius 2 is 1.71 bits per heavy atom. The summed E-state index contributed by atoms with van der Waals surface area (Å²) in [5.41, 5.74) is 6.28. The molecule has 21 heavy (non-hydrogen) atoms. The molecule has 0 atom stereocenters. The third kappa shape index (κ3) is 4.37. The fraction of sp³-hybridized carbons (Fsp3) is 0.200. The molecule has 2 rings (SSSR count). The summed E-state index contributed by atoms with van der Waals surface area (Å²) < 4.78 is 29.7. The summed E-state index contributed by atoms with van der Waals surface area (Å²) >= 11 is 5.74. The Morgan fingerprint density at radius 3 is 2.38 bits per heavy atom. The average Bonchev–Trinajstić information content (AvgIpc) is 2.46. The van der Waals surface area contributed by atoms with Gasteiger partial charge in [-0.1, -0.05) is 23.7 Å². The van der Waals surface area contributed by atoms with Crippen LogP contribution < -0.4 is 10.5 Å². The molecular weight excluding hydrogens is 310 g/mol. The van der Waals surface area contributed by atoms with E-state index in [4.69, 9.17) is 22.1 Å². The first kappa shape index (κ1) is 15.7. The molecule has 2 aromatic rings. The van der Waals surface area contributed by atoms with Gasteiger partial charge in [-0.25, -0.2) is 8.42 Å². The quantitative estimate of drug-likeness (QED) is 0.654. The average molecular weight is 326 g/mol. The molecule has 4 nitrogen and oxygen atoms in total. The summed E-state index contributed by atoms with van der Waals surface area (Å²) in [6, 6.07) is 13.3. The van der Waals surface area contributed by atoms with Crippen LogP contribution >= 0.6 is 11.6 Å². The second kappa shape index (κ2) is 6.83. The van der Waals surface area contributed by atoms with Crippen LogP contribution in [0.1, 0.15) is 6.42 Å². The molecule has 112 valence electrons. The van der Waals surface area contributed by atoms with E-state index in [0.29, 0.717) is 29.5 Å². The zero-order valence-corrected chi connectivity index (χ0v) is 12.9. The summed E-state index contributed by atoms with van der Waals surface area (Å²) in [5, 5.41) is 0.511. The molecule has 0 aliphatic rings. The normalized spacial score (nSPS) is 11.3. The van der Waals surface area contributed by atoms with Crippen molar-refractivity contribution in [1.29, 1.82) is 0 Å². The van der Waals surface area contributed by atoms with Crippen molar-refractivity contribution in [1.82, 2.24) is 0 Å². The highest BCUT2D eigenvalue weighted by Crippen LogP contribution is 2.20. The van der Waals surface area contributed by atoms with Crippen molar-refractivity contribution >= 4 is 27.1 Å². The van der Waals surface area contributed by atoms with Gasteiger partial charge in [0, 0.05) is 5.02 Å². The number of ether oxygens (including phenoxy) is 1. The minimum absolute atomic E-state index is 0.0152. The molecule has 0 saturated carbocycles. The molecule has 0 aromatic heterocycles. The number of para-hydroxylation sites is 2. The van der Waals surface area contributed by atoms with Gasteiger partial charge in [0.2, 0.25) is 0 Å². The molecule has 0 saturated heterocycles. The molecule has 0 fully saturated rings. The maximum atomic E-state index is 12.1. The predicted octanol–water partition coefficient (Wildman–Crippen LogP) is 3.17. The highest BCUT2D eigenvalue weighted by atomic mass is 35.5. The van der Waals surface area contributed by atoms with Crippen molar-refractivity contribution in [2.24, 2.45) is 0 Å². The van der Waals surface area contributed by atoms with Gasteiger partial charge >= 0.3 is 0 Å². The summed E-state index contributed by atoms with van der Waals surface area (Å²) in [6.45, 7) is 0.293. The van der Waals surface area contributed by atoms with Crippen LogP contribution in [0.15, 0.2) is 53.4 Å². The van der Waals surface area contributed by atoms with Crippen molar-refractivity contribution < 1.29 is 13.2 Å². The van der Waals surface area contributed by atoms with E-state index in [1.54, 1.807) is 24.3 Å². The van der Waals surface area contributed by atoms with E-state index in [1.807, 2.05) is 12.1 Å². The Morgan fingerprint density at radius 1 is 1.05 bits per heavy atom. The molecule has 0 radical (unpaired) electrons. The minimum atomic E-state index is -3.31. The van der Waals surface area contributed by atoms with E-state index in [0.717, 1.165) is 0 Å². The third-order valence-electron chi connectivity index (χ3n) is 2.91. The highest BCUT2D eigenvalue weighted by Gasteiger charge is 2.14. The molecule has 0 aliphatic carbocycles. The number of sulfone groups is 1. The number of nitrogens with two attached hydrogens (primary N) is 1. The number of benzene rings is 2. The van der Waals surface area contributed by atoms with Crippen molar-refractivity contribution in [3.8, 4) is 5.75 Å². The van der Waals surface area contributed by atoms with Gasteiger partial charge in [0.05, 0.1) is 22.9 Å².